The molecule has 3 atom stereocenters. The van der Waals surface area contributed by atoms with Gasteiger partial charge in [-0.15, -0.1) is 0 Å². The quantitative estimate of drug-likeness (QED) is 0.352. The number of benzene rings is 3. The van der Waals surface area contributed by atoms with E-state index in [1.807, 2.05) is 0 Å². The Hall–Kier alpha value is -4.08. The lowest BCUT2D eigenvalue weighted by molar-refractivity contribution is -0.134. The van der Waals surface area contributed by atoms with Crippen LogP contribution in [-0.2, 0) is 28.6 Å². The highest BCUT2D eigenvalue weighted by Gasteiger charge is 2.44. The van der Waals surface area contributed by atoms with Gasteiger partial charge in [-0.3, -0.25) is 8.98 Å². The summed E-state index contributed by atoms with van der Waals surface area (Å²) >= 11 is 0. The molecular formula is C27H22O8S. The summed E-state index contributed by atoms with van der Waals surface area (Å²) in [7, 11) is -4.33. The van der Waals surface area contributed by atoms with Crippen LogP contribution in [0.1, 0.15) is 26.3 Å². The Morgan fingerprint density at radius 1 is 0.750 bits per heavy atom. The lowest BCUT2D eigenvalue weighted by atomic mass is 9.97. The van der Waals surface area contributed by atoms with E-state index in [4.69, 9.17) is 13.7 Å². The summed E-state index contributed by atoms with van der Waals surface area (Å²) in [5.74, 6) is -2.37. The molecule has 0 saturated heterocycles. The summed E-state index contributed by atoms with van der Waals surface area (Å²) in [5, 5.41) is 0. The minimum Gasteiger partial charge on any atom is -0.451 e. The molecular weight excluding hydrogens is 484 g/mol. The molecule has 0 amide bonds. The minimum atomic E-state index is -4.33. The van der Waals surface area contributed by atoms with Crippen molar-refractivity contribution >= 4 is 27.8 Å². The average Bonchev–Trinajstić information content (AvgIpc) is 2.88. The normalized spacial score (nSPS) is 19.5. The van der Waals surface area contributed by atoms with E-state index in [9.17, 15) is 22.8 Å². The topological polar surface area (TPSA) is 113 Å². The molecule has 0 aromatic heterocycles. The van der Waals surface area contributed by atoms with Crippen LogP contribution in [0.5, 0.6) is 0 Å². The van der Waals surface area contributed by atoms with Crippen LogP contribution < -0.4 is 0 Å². The lowest BCUT2D eigenvalue weighted by Crippen LogP contribution is -2.50. The smallest absolute Gasteiger partial charge is 0.338 e. The summed E-state index contributed by atoms with van der Waals surface area (Å²) in [6.07, 6.45) is -2.42. The van der Waals surface area contributed by atoms with Crippen molar-refractivity contribution < 1.29 is 36.5 Å². The zero-order valence-corrected chi connectivity index (χ0v) is 20.0. The number of aryl methyl sites for hydroxylation is 1. The van der Waals surface area contributed by atoms with Crippen molar-refractivity contribution in [1.29, 1.82) is 0 Å². The highest BCUT2D eigenvalue weighted by molar-refractivity contribution is 7.86. The maximum atomic E-state index is 13.0. The second kappa shape index (κ2) is 10.7. The van der Waals surface area contributed by atoms with Crippen molar-refractivity contribution in [1.82, 2.24) is 0 Å². The first-order valence-electron chi connectivity index (χ1n) is 11.0. The van der Waals surface area contributed by atoms with Gasteiger partial charge in [-0.05, 0) is 55.5 Å². The van der Waals surface area contributed by atoms with E-state index in [-0.39, 0.29) is 16.0 Å². The van der Waals surface area contributed by atoms with Gasteiger partial charge in [0.25, 0.3) is 10.1 Å². The molecule has 0 fully saturated rings. The fourth-order valence-electron chi connectivity index (χ4n) is 3.50. The SMILES string of the molecule is Cc1ccc(S(=O)(=O)OC2C=CC(=O)C(OC(=O)c3ccccc3)C2OC(=O)c2ccccc2)cc1. The van der Waals surface area contributed by atoms with E-state index in [1.54, 1.807) is 55.5 Å². The van der Waals surface area contributed by atoms with Gasteiger partial charge in [-0.25, -0.2) is 9.59 Å². The van der Waals surface area contributed by atoms with Gasteiger partial charge in [0.05, 0.1) is 16.0 Å². The second-order valence-electron chi connectivity index (χ2n) is 8.02. The Bertz CT molecular complexity index is 1380. The van der Waals surface area contributed by atoms with Crippen molar-refractivity contribution in [2.45, 2.75) is 30.1 Å². The van der Waals surface area contributed by atoms with E-state index < -0.39 is 46.2 Å². The summed E-state index contributed by atoms with van der Waals surface area (Å²) in [5.41, 5.74) is 1.17. The number of hydrogen-bond acceptors (Lipinski definition) is 8. The predicted molar refractivity (Wildman–Crippen MR) is 129 cm³/mol. The molecule has 3 aromatic rings. The number of ketones is 1. The highest BCUT2D eigenvalue weighted by atomic mass is 32.2. The van der Waals surface area contributed by atoms with E-state index in [0.717, 1.165) is 11.6 Å². The van der Waals surface area contributed by atoms with Crippen LogP contribution in [0, 0.1) is 6.92 Å². The van der Waals surface area contributed by atoms with Gasteiger partial charge in [0, 0.05) is 0 Å². The highest BCUT2D eigenvalue weighted by Crippen LogP contribution is 2.26. The molecule has 0 radical (unpaired) electrons. The Kier molecular flexibility index (Phi) is 7.42. The molecule has 0 saturated carbocycles. The number of rotatable bonds is 7. The predicted octanol–water partition coefficient (Wildman–Crippen LogP) is 3.66. The van der Waals surface area contributed by atoms with Gasteiger partial charge in [0.2, 0.25) is 6.10 Å². The third-order valence-corrected chi connectivity index (χ3v) is 6.72. The third-order valence-electron chi connectivity index (χ3n) is 5.40. The van der Waals surface area contributed by atoms with Crippen molar-refractivity contribution in [2.75, 3.05) is 0 Å². The first kappa shape index (κ1) is 25.0. The minimum absolute atomic E-state index is 0.121. The van der Waals surface area contributed by atoms with E-state index >= 15 is 0 Å². The van der Waals surface area contributed by atoms with Crippen molar-refractivity contribution in [3.05, 3.63) is 114 Å². The van der Waals surface area contributed by atoms with Gasteiger partial charge < -0.3 is 9.47 Å². The maximum Gasteiger partial charge on any atom is 0.338 e. The zero-order chi connectivity index (χ0) is 25.7. The molecule has 3 unspecified atom stereocenters. The van der Waals surface area contributed by atoms with E-state index in [0.29, 0.717) is 0 Å². The number of carbonyl (C=O) groups is 3. The molecule has 9 heteroatoms. The largest absolute Gasteiger partial charge is 0.451 e. The molecule has 8 nitrogen and oxygen atoms in total. The average molecular weight is 507 g/mol. The molecule has 3 aromatic carbocycles. The molecule has 4 rings (SSSR count). The number of ether oxygens (including phenoxy) is 2. The Morgan fingerprint density at radius 2 is 1.28 bits per heavy atom. The molecule has 36 heavy (non-hydrogen) atoms. The van der Waals surface area contributed by atoms with Gasteiger partial charge in [-0.2, -0.15) is 8.42 Å². The standard InChI is InChI=1S/C27H22O8S/c1-18-12-14-21(15-13-18)36(31,32)35-23-17-16-22(28)24(33-26(29)19-8-4-2-5-9-19)25(23)34-27(30)20-10-6-3-7-11-20/h2-17,23-25H,1H3. The van der Waals surface area contributed by atoms with Crippen LogP contribution in [0.2, 0.25) is 0 Å². The second-order valence-corrected chi connectivity index (χ2v) is 9.59. The first-order valence-corrected chi connectivity index (χ1v) is 12.4. The van der Waals surface area contributed by atoms with Crippen LogP contribution in [-0.4, -0.2) is 44.5 Å². The molecule has 0 bridgehead atoms. The van der Waals surface area contributed by atoms with Gasteiger partial charge in [0.1, 0.15) is 6.10 Å². The fourth-order valence-corrected chi connectivity index (χ4v) is 4.55. The van der Waals surface area contributed by atoms with E-state index in [2.05, 4.69) is 0 Å². The van der Waals surface area contributed by atoms with E-state index in [1.165, 1.54) is 42.5 Å². The van der Waals surface area contributed by atoms with Crippen molar-refractivity contribution in [3.63, 3.8) is 0 Å². The molecule has 1 aliphatic carbocycles. The summed E-state index contributed by atoms with van der Waals surface area (Å²) in [4.78, 5) is 38.2. The number of carbonyl (C=O) groups excluding carboxylic acids is 3. The molecule has 0 N–H and O–H groups in total. The zero-order valence-electron chi connectivity index (χ0n) is 19.1. The molecule has 0 heterocycles. The summed E-state index contributed by atoms with van der Waals surface area (Å²) in [6, 6.07) is 21.8. The lowest BCUT2D eigenvalue weighted by Gasteiger charge is -2.32. The number of hydrogen-bond donors (Lipinski definition) is 0. The Morgan fingerprint density at radius 3 is 1.83 bits per heavy atom. The Balaban J connectivity index is 1.65. The van der Waals surface area contributed by atoms with Crippen LogP contribution in [0.15, 0.2) is 102 Å². The number of esters is 2. The van der Waals surface area contributed by atoms with Gasteiger partial charge >= 0.3 is 11.9 Å². The fraction of sp³-hybridized carbons (Fsp3) is 0.148. The molecule has 184 valence electrons. The van der Waals surface area contributed by atoms with Crippen molar-refractivity contribution in [3.8, 4) is 0 Å². The first-order chi connectivity index (χ1) is 17.2. The van der Waals surface area contributed by atoms with Crippen LogP contribution in [0.25, 0.3) is 0 Å². The Labute approximate surface area is 208 Å². The molecule has 0 spiro atoms. The monoisotopic (exact) mass is 506 g/mol. The van der Waals surface area contributed by atoms with Gasteiger partial charge in [0.15, 0.2) is 11.9 Å². The maximum absolute atomic E-state index is 13.0. The third kappa shape index (κ3) is 5.76. The molecule has 1 aliphatic rings. The summed E-state index contributed by atoms with van der Waals surface area (Å²) < 4.78 is 42.2. The summed E-state index contributed by atoms with van der Waals surface area (Å²) in [6.45, 7) is 1.80. The molecule has 0 aliphatic heterocycles. The van der Waals surface area contributed by atoms with Crippen LogP contribution in [0.4, 0.5) is 0 Å². The van der Waals surface area contributed by atoms with Crippen LogP contribution >= 0.6 is 0 Å². The van der Waals surface area contributed by atoms with Crippen LogP contribution in [0.3, 0.4) is 0 Å². The van der Waals surface area contributed by atoms with Gasteiger partial charge in [-0.1, -0.05) is 54.1 Å². The van der Waals surface area contributed by atoms with Crippen molar-refractivity contribution in [2.24, 2.45) is 0 Å².